The number of aliphatic imine (C=N–C) groups is 1. The van der Waals surface area contributed by atoms with Gasteiger partial charge < -0.3 is 14.6 Å². The molecular weight excluding hydrogens is 721 g/mol. The number of hydrogen-bond acceptors (Lipinski definition) is 8. The zero-order valence-corrected chi connectivity index (χ0v) is 30.4. The van der Waals surface area contributed by atoms with Crippen LogP contribution in [-0.2, 0) is 25.9 Å². The van der Waals surface area contributed by atoms with Crippen LogP contribution in [0.4, 0.5) is 0 Å². The van der Waals surface area contributed by atoms with Crippen molar-refractivity contribution in [3.05, 3.63) is 154 Å². The van der Waals surface area contributed by atoms with Crippen molar-refractivity contribution in [3.8, 4) is 16.9 Å². The highest BCUT2D eigenvalue weighted by Gasteiger charge is 2.53. The van der Waals surface area contributed by atoms with E-state index >= 15 is 0 Å². The molecule has 0 bridgehead atoms. The maximum absolute atomic E-state index is 14.5. The molecule has 268 valence electrons. The van der Waals surface area contributed by atoms with E-state index in [9.17, 15) is 13.2 Å². The Morgan fingerprint density at radius 2 is 1.50 bits per heavy atom. The number of nitrogens with zero attached hydrogens (tertiary/aromatic N) is 1. The summed E-state index contributed by atoms with van der Waals surface area (Å²) >= 11 is 12.5. The van der Waals surface area contributed by atoms with Crippen molar-refractivity contribution in [2.75, 3.05) is 19.0 Å². The van der Waals surface area contributed by atoms with Crippen molar-refractivity contribution in [3.63, 3.8) is 0 Å². The Morgan fingerprint density at radius 3 is 2.17 bits per heavy atom. The first kappa shape index (κ1) is 37.1. The van der Waals surface area contributed by atoms with Crippen LogP contribution in [0, 0.1) is 0 Å². The molecule has 0 saturated heterocycles. The summed E-state index contributed by atoms with van der Waals surface area (Å²) in [5.74, 6) is -0.208. The number of aliphatic hydroxyl groups excluding tert-OH is 1. The van der Waals surface area contributed by atoms with E-state index in [0.29, 0.717) is 45.5 Å². The number of hydrazine groups is 1. The maximum atomic E-state index is 14.5. The molecule has 1 aliphatic heterocycles. The van der Waals surface area contributed by atoms with E-state index in [1.165, 1.54) is 12.1 Å². The topological polar surface area (TPSA) is 126 Å². The lowest BCUT2D eigenvalue weighted by Gasteiger charge is -2.30. The van der Waals surface area contributed by atoms with E-state index in [-0.39, 0.29) is 36.1 Å². The van der Waals surface area contributed by atoms with Gasteiger partial charge in [-0.1, -0.05) is 102 Å². The van der Waals surface area contributed by atoms with Crippen LogP contribution in [0.1, 0.15) is 35.6 Å². The second-order valence-corrected chi connectivity index (χ2v) is 15.2. The van der Waals surface area contributed by atoms with Crippen molar-refractivity contribution >= 4 is 44.8 Å². The average Bonchev–Trinajstić information content (AvgIpc) is 3.57. The summed E-state index contributed by atoms with van der Waals surface area (Å²) in [6, 6.07) is 37.7. The highest BCUT2D eigenvalue weighted by Crippen LogP contribution is 2.43. The van der Waals surface area contributed by atoms with Gasteiger partial charge in [0.1, 0.15) is 5.75 Å². The summed E-state index contributed by atoms with van der Waals surface area (Å²) < 4.78 is 39.6. The van der Waals surface area contributed by atoms with Crippen LogP contribution in [0.5, 0.6) is 5.75 Å². The molecule has 1 aliphatic rings. The van der Waals surface area contributed by atoms with Crippen LogP contribution in [0.3, 0.4) is 0 Å². The molecule has 1 heterocycles. The Balaban J connectivity index is 1.38. The normalized spacial score (nSPS) is 16.9. The number of aliphatic hydroxyl groups is 1. The first-order valence-electron chi connectivity index (χ1n) is 16.7. The molecule has 5 aromatic rings. The summed E-state index contributed by atoms with van der Waals surface area (Å²) in [4.78, 5) is 19.6. The number of halogens is 2. The number of ether oxygens (including phenoxy) is 2. The van der Waals surface area contributed by atoms with E-state index in [4.69, 9.17) is 42.8 Å². The summed E-state index contributed by atoms with van der Waals surface area (Å²) in [6.45, 7) is 0.523. The van der Waals surface area contributed by atoms with Gasteiger partial charge in [0, 0.05) is 41.6 Å². The van der Waals surface area contributed by atoms with E-state index in [0.717, 1.165) is 11.1 Å². The Morgan fingerprint density at radius 1 is 0.846 bits per heavy atom. The van der Waals surface area contributed by atoms with Crippen molar-refractivity contribution in [2.45, 2.75) is 35.9 Å². The SMILES string of the molecule is O=C(NNCc1ccc(Cl)cc1Cl)[C@@]1(CCS(=O)(=O)c2ccccc2)N=C(c2ccc(OCCCO)cc2)O[C@H]1c1ccc(-c2ccccc2)cc1. The van der Waals surface area contributed by atoms with Gasteiger partial charge in [-0.05, 0) is 70.8 Å². The molecule has 12 heteroatoms. The molecule has 3 N–H and O–H groups in total. The van der Waals surface area contributed by atoms with Gasteiger partial charge in [-0.25, -0.2) is 18.8 Å². The fraction of sp³-hybridized carbons (Fsp3) is 0.200. The Labute approximate surface area is 313 Å². The van der Waals surface area contributed by atoms with Gasteiger partial charge in [-0.2, -0.15) is 0 Å². The van der Waals surface area contributed by atoms with Crippen LogP contribution in [0.25, 0.3) is 11.1 Å². The van der Waals surface area contributed by atoms with E-state index < -0.39 is 27.4 Å². The Hall–Kier alpha value is -4.71. The van der Waals surface area contributed by atoms with E-state index in [1.807, 2.05) is 54.6 Å². The number of rotatable bonds is 15. The van der Waals surface area contributed by atoms with Crippen LogP contribution in [0.15, 0.2) is 137 Å². The van der Waals surface area contributed by atoms with Gasteiger partial charge in [0.2, 0.25) is 5.90 Å². The zero-order chi connectivity index (χ0) is 36.6. The van der Waals surface area contributed by atoms with Crippen LogP contribution < -0.4 is 15.6 Å². The number of nitrogens with one attached hydrogen (secondary N) is 2. The van der Waals surface area contributed by atoms with E-state index in [1.54, 1.807) is 60.7 Å². The minimum atomic E-state index is -3.83. The highest BCUT2D eigenvalue weighted by molar-refractivity contribution is 7.91. The third-order valence-electron chi connectivity index (χ3n) is 8.70. The van der Waals surface area contributed by atoms with Crippen LogP contribution >= 0.6 is 23.2 Å². The smallest absolute Gasteiger partial charge is 0.266 e. The first-order chi connectivity index (χ1) is 25.2. The second kappa shape index (κ2) is 16.8. The summed E-state index contributed by atoms with van der Waals surface area (Å²) in [5.41, 5.74) is 7.87. The summed E-state index contributed by atoms with van der Waals surface area (Å²) in [6.07, 6.45) is -0.708. The molecule has 2 atom stereocenters. The molecule has 0 radical (unpaired) electrons. The second-order valence-electron chi connectivity index (χ2n) is 12.2. The van der Waals surface area contributed by atoms with Gasteiger partial charge in [-0.15, -0.1) is 0 Å². The number of carbonyl (C=O) groups is 1. The largest absolute Gasteiger partial charge is 0.494 e. The molecule has 6 rings (SSSR count). The molecule has 1 amide bonds. The molecule has 0 saturated carbocycles. The summed E-state index contributed by atoms with van der Waals surface area (Å²) in [7, 11) is -3.83. The molecule has 5 aromatic carbocycles. The third kappa shape index (κ3) is 8.66. The minimum Gasteiger partial charge on any atom is -0.494 e. The average molecular weight is 759 g/mol. The van der Waals surface area contributed by atoms with Crippen molar-refractivity contribution in [1.82, 2.24) is 10.9 Å². The molecule has 52 heavy (non-hydrogen) atoms. The lowest BCUT2D eigenvalue weighted by Crippen LogP contribution is -2.53. The number of benzene rings is 5. The predicted molar refractivity (Wildman–Crippen MR) is 203 cm³/mol. The molecule has 0 unspecified atom stereocenters. The number of sulfone groups is 1. The third-order valence-corrected chi connectivity index (χ3v) is 11.0. The molecule has 9 nitrogen and oxygen atoms in total. The highest BCUT2D eigenvalue weighted by atomic mass is 35.5. The number of amides is 1. The first-order valence-corrected chi connectivity index (χ1v) is 19.1. The lowest BCUT2D eigenvalue weighted by molar-refractivity contribution is -0.130. The predicted octanol–water partition coefficient (Wildman–Crippen LogP) is 7.36. The Kier molecular flexibility index (Phi) is 11.9. The monoisotopic (exact) mass is 757 g/mol. The van der Waals surface area contributed by atoms with E-state index in [2.05, 4.69) is 10.9 Å². The molecule has 0 aliphatic carbocycles. The quantitative estimate of drug-likeness (QED) is 0.0753. The number of carbonyl (C=O) groups excluding carboxylic acids is 1. The van der Waals surface area contributed by atoms with Gasteiger partial charge in [-0.3, -0.25) is 10.2 Å². The van der Waals surface area contributed by atoms with Gasteiger partial charge in [0.25, 0.3) is 5.91 Å². The van der Waals surface area contributed by atoms with Crippen molar-refractivity contribution in [1.29, 1.82) is 0 Å². The van der Waals surface area contributed by atoms with Crippen molar-refractivity contribution < 1.29 is 27.8 Å². The molecule has 0 spiro atoms. The van der Waals surface area contributed by atoms with Gasteiger partial charge >= 0.3 is 0 Å². The Bertz CT molecular complexity index is 2120. The van der Waals surface area contributed by atoms with Crippen molar-refractivity contribution in [2.24, 2.45) is 4.99 Å². The molecule has 0 aromatic heterocycles. The zero-order valence-electron chi connectivity index (χ0n) is 28.0. The van der Waals surface area contributed by atoms with Crippen LogP contribution in [-0.4, -0.2) is 49.8 Å². The van der Waals surface area contributed by atoms with Gasteiger partial charge in [0.15, 0.2) is 21.5 Å². The maximum Gasteiger partial charge on any atom is 0.266 e. The standard InChI is InChI=1S/C40H37Cl2N3O6S/c41-33-19-16-32(36(42)26-33)27-43-45-39(47)40(22-25-52(48,49)35-10-5-2-6-11-35)37(30-14-12-29(13-15-30)28-8-3-1-4-9-28)51-38(44-40)31-17-20-34(21-18-31)50-24-7-23-46/h1-6,8-21,26,37,43,46H,7,22-25,27H2,(H,45,47)/t37-,40-/m0/s1. The summed E-state index contributed by atoms with van der Waals surface area (Å²) in [5, 5.41) is 10.0. The lowest BCUT2D eigenvalue weighted by atomic mass is 9.84. The molecule has 0 fully saturated rings. The molecular formula is C40H37Cl2N3O6S. The number of hydrogen-bond donors (Lipinski definition) is 3. The van der Waals surface area contributed by atoms with Gasteiger partial charge in [0.05, 0.1) is 17.3 Å². The minimum absolute atomic E-state index is 0.0161. The fourth-order valence-corrected chi connectivity index (χ4v) is 7.74. The van der Waals surface area contributed by atoms with Crippen LogP contribution in [0.2, 0.25) is 10.0 Å². The fourth-order valence-electron chi connectivity index (χ4n) is 5.88.